The van der Waals surface area contributed by atoms with Crippen molar-refractivity contribution in [3.8, 4) is 0 Å². The van der Waals surface area contributed by atoms with Gasteiger partial charge in [-0.2, -0.15) is 9.40 Å². The molecule has 2 saturated heterocycles. The van der Waals surface area contributed by atoms with Crippen LogP contribution in [-0.2, 0) is 21.4 Å². The van der Waals surface area contributed by atoms with Gasteiger partial charge in [0.25, 0.3) is 0 Å². The molecule has 9 heteroatoms. The number of nitrogens with zero attached hydrogens (tertiary/aromatic N) is 4. The largest absolute Gasteiger partial charge is 0.368 e. The summed E-state index contributed by atoms with van der Waals surface area (Å²) in [6.07, 6.45) is 5.62. The first-order chi connectivity index (χ1) is 12.3. The third kappa shape index (κ3) is 3.16. The van der Waals surface area contributed by atoms with Gasteiger partial charge in [0.05, 0.1) is 11.9 Å². The molecule has 3 heterocycles. The zero-order valence-corrected chi connectivity index (χ0v) is 16.5. The molecule has 26 heavy (non-hydrogen) atoms. The van der Waals surface area contributed by atoms with Gasteiger partial charge in [0.15, 0.2) is 0 Å². The summed E-state index contributed by atoms with van der Waals surface area (Å²) in [6, 6.07) is 0. The normalized spacial score (nSPS) is 22.4. The second-order valence-corrected chi connectivity index (χ2v) is 9.16. The van der Waals surface area contributed by atoms with Crippen molar-refractivity contribution in [2.45, 2.75) is 62.9 Å². The number of sulfonamides is 1. The molecule has 0 aliphatic carbocycles. The number of likely N-dealkylation sites (tertiary alicyclic amines) is 1. The molecule has 2 N–H and O–H groups in total. The van der Waals surface area contributed by atoms with Gasteiger partial charge >= 0.3 is 0 Å². The highest BCUT2D eigenvalue weighted by Crippen LogP contribution is 2.34. The smallest absolute Gasteiger partial charge is 0.246 e. The highest BCUT2D eigenvalue weighted by Gasteiger charge is 2.47. The molecule has 3 rings (SSSR count). The van der Waals surface area contributed by atoms with E-state index in [2.05, 4.69) is 10.00 Å². The van der Waals surface area contributed by atoms with Crippen molar-refractivity contribution in [3.05, 3.63) is 11.9 Å². The number of hydrogen-bond acceptors (Lipinski definition) is 5. The monoisotopic (exact) mass is 383 g/mol. The van der Waals surface area contributed by atoms with E-state index in [0.717, 1.165) is 25.9 Å². The number of primary amides is 1. The second-order valence-electron chi connectivity index (χ2n) is 7.26. The maximum Gasteiger partial charge on any atom is 0.246 e. The van der Waals surface area contributed by atoms with Crippen LogP contribution in [0.15, 0.2) is 11.1 Å². The van der Waals surface area contributed by atoms with Crippen LogP contribution >= 0.6 is 0 Å². The summed E-state index contributed by atoms with van der Waals surface area (Å²) in [7, 11) is -3.61. The fourth-order valence-corrected chi connectivity index (χ4v) is 5.88. The minimum absolute atomic E-state index is 0.254. The molecule has 0 atom stereocenters. The lowest BCUT2D eigenvalue weighted by molar-refractivity contribution is -0.134. The molecule has 0 unspecified atom stereocenters. The zero-order valence-electron chi connectivity index (χ0n) is 15.6. The molecule has 8 nitrogen and oxygen atoms in total. The molecule has 0 radical (unpaired) electrons. The third-order valence-corrected chi connectivity index (χ3v) is 7.95. The number of rotatable bonds is 5. The molecule has 0 aromatic carbocycles. The average molecular weight is 384 g/mol. The van der Waals surface area contributed by atoms with E-state index in [-0.39, 0.29) is 10.8 Å². The topological polar surface area (TPSA) is 102 Å². The molecule has 2 aliphatic rings. The van der Waals surface area contributed by atoms with E-state index in [1.54, 1.807) is 11.6 Å². The van der Waals surface area contributed by atoms with Crippen LogP contribution in [0.1, 0.15) is 44.7 Å². The van der Waals surface area contributed by atoms with Crippen molar-refractivity contribution in [2.24, 2.45) is 5.73 Å². The van der Waals surface area contributed by atoms with Crippen LogP contribution in [0.25, 0.3) is 0 Å². The van der Waals surface area contributed by atoms with Crippen LogP contribution in [0.5, 0.6) is 0 Å². The van der Waals surface area contributed by atoms with E-state index < -0.39 is 15.6 Å². The molecule has 0 bridgehead atoms. The summed E-state index contributed by atoms with van der Waals surface area (Å²) in [4.78, 5) is 14.7. The van der Waals surface area contributed by atoms with Gasteiger partial charge in [0, 0.05) is 19.6 Å². The van der Waals surface area contributed by atoms with Gasteiger partial charge in [-0.15, -0.1) is 0 Å². The van der Waals surface area contributed by atoms with Crippen LogP contribution in [0, 0.1) is 6.92 Å². The molecule has 0 spiro atoms. The number of nitrogens with two attached hydrogens (primary N) is 1. The third-order valence-electron chi connectivity index (χ3n) is 5.95. The lowest BCUT2D eigenvalue weighted by Gasteiger charge is -2.47. The Bertz CT molecular complexity index is 759. The van der Waals surface area contributed by atoms with Crippen molar-refractivity contribution in [2.75, 3.05) is 26.2 Å². The summed E-state index contributed by atoms with van der Waals surface area (Å²) >= 11 is 0. The fourth-order valence-electron chi connectivity index (χ4n) is 4.28. The van der Waals surface area contributed by atoms with Crippen molar-refractivity contribution in [1.82, 2.24) is 19.0 Å². The molecule has 1 aromatic rings. The van der Waals surface area contributed by atoms with Crippen LogP contribution in [0.4, 0.5) is 0 Å². The maximum absolute atomic E-state index is 13.0. The van der Waals surface area contributed by atoms with E-state index in [1.807, 2.05) is 6.92 Å². The van der Waals surface area contributed by atoms with Gasteiger partial charge in [0.2, 0.25) is 15.9 Å². The Morgan fingerprint density at radius 3 is 2.31 bits per heavy atom. The quantitative estimate of drug-likeness (QED) is 0.807. The van der Waals surface area contributed by atoms with Crippen molar-refractivity contribution >= 4 is 15.9 Å². The van der Waals surface area contributed by atoms with E-state index in [1.165, 1.54) is 16.9 Å². The Morgan fingerprint density at radius 2 is 1.81 bits per heavy atom. The van der Waals surface area contributed by atoms with Crippen molar-refractivity contribution in [3.63, 3.8) is 0 Å². The molecule has 2 fully saturated rings. The number of amides is 1. The van der Waals surface area contributed by atoms with Gasteiger partial charge in [-0.05, 0) is 52.6 Å². The van der Waals surface area contributed by atoms with Gasteiger partial charge in [0.1, 0.15) is 10.4 Å². The summed E-state index contributed by atoms with van der Waals surface area (Å²) in [5.41, 5.74) is 5.72. The number of piperidine rings is 2. The first-order valence-electron chi connectivity index (χ1n) is 9.40. The highest BCUT2D eigenvalue weighted by molar-refractivity contribution is 7.89. The Hall–Kier alpha value is -1.45. The fraction of sp³-hybridized carbons (Fsp3) is 0.765. The Labute approximate surface area is 155 Å². The summed E-state index contributed by atoms with van der Waals surface area (Å²) in [6.45, 7) is 6.65. The van der Waals surface area contributed by atoms with E-state index in [4.69, 9.17) is 5.73 Å². The first-order valence-corrected chi connectivity index (χ1v) is 10.8. The zero-order chi connectivity index (χ0) is 18.9. The second kappa shape index (κ2) is 7.28. The molecule has 2 aliphatic heterocycles. The van der Waals surface area contributed by atoms with Crippen molar-refractivity contribution in [1.29, 1.82) is 0 Å². The minimum atomic E-state index is -3.61. The molecule has 146 valence electrons. The molecule has 1 amide bonds. The molecule has 1 aromatic heterocycles. The average Bonchev–Trinajstić information content (AvgIpc) is 3.03. The maximum atomic E-state index is 13.0. The van der Waals surface area contributed by atoms with Crippen LogP contribution in [0.3, 0.4) is 0 Å². The Morgan fingerprint density at radius 1 is 1.19 bits per heavy atom. The molecular formula is C17H29N5O3S. The van der Waals surface area contributed by atoms with Gasteiger partial charge < -0.3 is 5.73 Å². The number of hydrogen-bond donors (Lipinski definition) is 1. The summed E-state index contributed by atoms with van der Waals surface area (Å²) < 4.78 is 29.2. The van der Waals surface area contributed by atoms with Gasteiger partial charge in [-0.3, -0.25) is 14.4 Å². The van der Waals surface area contributed by atoms with Crippen LogP contribution < -0.4 is 5.73 Å². The Kier molecular flexibility index (Phi) is 5.41. The molecular weight excluding hydrogens is 354 g/mol. The number of carbonyl (C=O) groups is 1. The minimum Gasteiger partial charge on any atom is -0.368 e. The first kappa shape index (κ1) is 19.3. The molecule has 0 saturated carbocycles. The van der Waals surface area contributed by atoms with Crippen LogP contribution in [0.2, 0.25) is 0 Å². The standard InChI is InChI=1S/C17H29N5O3S/c1-3-22-14(2)15(13-19-22)26(24,25)21-11-7-17(8-12-21,16(18)23)20-9-5-4-6-10-20/h13H,3-12H2,1-2H3,(H2,18,23). The number of carbonyl (C=O) groups excluding carboxylic acids is 1. The van der Waals surface area contributed by atoms with Gasteiger partial charge in [-0.1, -0.05) is 6.42 Å². The van der Waals surface area contributed by atoms with E-state index in [9.17, 15) is 13.2 Å². The van der Waals surface area contributed by atoms with Crippen molar-refractivity contribution < 1.29 is 13.2 Å². The number of aromatic nitrogens is 2. The lowest BCUT2D eigenvalue weighted by atomic mass is 9.84. The SMILES string of the molecule is CCn1ncc(S(=O)(=O)N2CCC(C(N)=O)(N3CCCCC3)CC2)c1C. The predicted molar refractivity (Wildman–Crippen MR) is 98.0 cm³/mol. The van der Waals surface area contributed by atoms with Crippen LogP contribution in [-0.4, -0.2) is 65.0 Å². The highest BCUT2D eigenvalue weighted by atomic mass is 32.2. The lowest BCUT2D eigenvalue weighted by Crippen LogP contribution is -2.63. The number of aryl methyl sites for hydroxylation is 1. The van der Waals surface area contributed by atoms with Gasteiger partial charge in [-0.25, -0.2) is 8.42 Å². The Balaban J connectivity index is 1.79. The summed E-state index contributed by atoms with van der Waals surface area (Å²) in [5, 5.41) is 4.15. The van der Waals surface area contributed by atoms with E-state index in [0.29, 0.717) is 38.2 Å². The summed E-state index contributed by atoms with van der Waals surface area (Å²) in [5.74, 6) is -0.327. The van der Waals surface area contributed by atoms with E-state index >= 15 is 0 Å². The predicted octanol–water partition coefficient (Wildman–Crippen LogP) is 0.706.